The molecule has 2 aromatic carbocycles. The van der Waals surface area contributed by atoms with Crippen LogP contribution in [-0.2, 0) is 13.6 Å². The lowest BCUT2D eigenvalue weighted by Crippen LogP contribution is -2.19. The first-order chi connectivity index (χ1) is 11.1. The Labute approximate surface area is 134 Å². The zero-order chi connectivity index (χ0) is 16.4. The first kappa shape index (κ1) is 15.7. The molecule has 23 heavy (non-hydrogen) atoms. The van der Waals surface area contributed by atoms with E-state index < -0.39 is 7.60 Å². The number of methoxy groups -OCH3 is 1. The Hall–Kier alpha value is -2.14. The Kier molecular flexibility index (Phi) is 4.22. The number of fused-ring (bicyclic) bond motifs is 1. The fourth-order valence-corrected chi connectivity index (χ4v) is 3.80. The van der Waals surface area contributed by atoms with Gasteiger partial charge in [0.25, 0.3) is 0 Å². The van der Waals surface area contributed by atoms with Crippen LogP contribution in [0.5, 0.6) is 5.75 Å². The number of nitrogens with zero attached hydrogens (tertiary/aromatic N) is 2. The van der Waals surface area contributed by atoms with E-state index in [1.165, 1.54) is 14.2 Å². The highest BCUT2D eigenvalue weighted by molar-refractivity contribution is 7.62. The molecular formula is C16H17N2O4P. The molecule has 3 aromatic rings. The summed E-state index contributed by atoms with van der Waals surface area (Å²) in [5, 5.41) is 5.28. The van der Waals surface area contributed by atoms with E-state index in [2.05, 4.69) is 5.10 Å². The second-order valence-corrected chi connectivity index (χ2v) is 6.96. The van der Waals surface area contributed by atoms with Crippen molar-refractivity contribution in [2.45, 2.75) is 0 Å². The Balaban J connectivity index is 2.29. The minimum atomic E-state index is -3.48. The topological polar surface area (TPSA) is 62.6 Å². The molecule has 0 spiro atoms. The highest BCUT2D eigenvalue weighted by atomic mass is 31.2. The summed E-state index contributed by atoms with van der Waals surface area (Å²) in [6.07, 6.45) is 0. The van der Waals surface area contributed by atoms with Gasteiger partial charge in [-0.15, -0.1) is 0 Å². The summed E-state index contributed by atoms with van der Waals surface area (Å²) in [7, 11) is 0.851. The predicted molar refractivity (Wildman–Crippen MR) is 88.9 cm³/mol. The van der Waals surface area contributed by atoms with Crippen molar-refractivity contribution in [3.8, 4) is 11.4 Å². The summed E-state index contributed by atoms with van der Waals surface area (Å²) < 4.78 is 30.2. The molecule has 0 aliphatic carbocycles. The van der Waals surface area contributed by atoms with Crippen LogP contribution >= 0.6 is 7.60 Å². The molecule has 1 heterocycles. The van der Waals surface area contributed by atoms with Crippen molar-refractivity contribution in [2.75, 3.05) is 21.3 Å². The van der Waals surface area contributed by atoms with E-state index >= 15 is 0 Å². The maximum Gasteiger partial charge on any atom is 0.379 e. The zero-order valence-corrected chi connectivity index (χ0v) is 14.0. The number of rotatable bonds is 5. The number of benzene rings is 2. The van der Waals surface area contributed by atoms with Crippen LogP contribution in [0.3, 0.4) is 0 Å². The lowest BCUT2D eigenvalue weighted by molar-refractivity contribution is 0.286. The van der Waals surface area contributed by atoms with Crippen molar-refractivity contribution in [3.63, 3.8) is 0 Å². The molecule has 0 atom stereocenters. The first-order valence-electron chi connectivity index (χ1n) is 6.97. The van der Waals surface area contributed by atoms with Crippen LogP contribution in [0.15, 0.2) is 48.5 Å². The van der Waals surface area contributed by atoms with Crippen LogP contribution < -0.4 is 10.2 Å². The van der Waals surface area contributed by atoms with Gasteiger partial charge in [0.1, 0.15) is 5.75 Å². The van der Waals surface area contributed by atoms with Crippen LogP contribution in [0, 0.1) is 0 Å². The fraction of sp³-hybridized carbons (Fsp3) is 0.188. The maximum absolute atomic E-state index is 13.0. The monoisotopic (exact) mass is 332 g/mol. The third-order valence-corrected chi connectivity index (χ3v) is 5.52. The third kappa shape index (κ3) is 2.65. The molecule has 7 heteroatoms. The molecule has 0 radical (unpaired) electrons. The SMILES string of the molecule is COc1ccc(-n2nc3ccccc3c2P(=O)(OC)OC)cc1. The second kappa shape index (κ2) is 6.16. The van der Waals surface area contributed by atoms with Gasteiger partial charge >= 0.3 is 7.60 Å². The van der Waals surface area contributed by atoms with Gasteiger partial charge in [0.15, 0.2) is 5.44 Å². The van der Waals surface area contributed by atoms with Crippen LogP contribution in [0.2, 0.25) is 0 Å². The normalized spacial score (nSPS) is 11.8. The third-order valence-electron chi connectivity index (χ3n) is 3.61. The lowest BCUT2D eigenvalue weighted by Gasteiger charge is -2.16. The summed E-state index contributed by atoms with van der Waals surface area (Å²) in [5.41, 5.74) is 1.86. The zero-order valence-electron chi connectivity index (χ0n) is 13.1. The molecule has 0 bridgehead atoms. The summed E-state index contributed by atoms with van der Waals surface area (Å²) >= 11 is 0. The van der Waals surface area contributed by atoms with Crippen molar-refractivity contribution >= 4 is 23.9 Å². The molecule has 0 N–H and O–H groups in total. The Morgan fingerprint density at radius 2 is 1.61 bits per heavy atom. The minimum Gasteiger partial charge on any atom is -0.497 e. The van der Waals surface area contributed by atoms with Crippen molar-refractivity contribution in [2.24, 2.45) is 0 Å². The molecule has 0 saturated carbocycles. The molecular weight excluding hydrogens is 315 g/mol. The summed E-state index contributed by atoms with van der Waals surface area (Å²) in [4.78, 5) is 0. The van der Waals surface area contributed by atoms with Gasteiger partial charge in [-0.05, 0) is 30.3 Å². The van der Waals surface area contributed by atoms with Gasteiger partial charge < -0.3 is 13.8 Å². The van der Waals surface area contributed by atoms with Crippen molar-refractivity contribution in [1.29, 1.82) is 0 Å². The van der Waals surface area contributed by atoms with Crippen molar-refractivity contribution < 1.29 is 18.3 Å². The Morgan fingerprint density at radius 3 is 2.22 bits per heavy atom. The van der Waals surface area contributed by atoms with E-state index in [9.17, 15) is 4.57 Å². The molecule has 0 amide bonds. The molecule has 0 unspecified atom stereocenters. The van der Waals surface area contributed by atoms with Crippen molar-refractivity contribution in [3.05, 3.63) is 48.5 Å². The minimum absolute atomic E-state index is 0.406. The Bertz CT molecular complexity index is 865. The van der Waals surface area contributed by atoms with Gasteiger partial charge in [0, 0.05) is 19.6 Å². The quantitative estimate of drug-likeness (QED) is 0.672. The highest BCUT2D eigenvalue weighted by Crippen LogP contribution is 2.47. The number of hydrogen-bond acceptors (Lipinski definition) is 5. The molecule has 0 aliphatic rings. The number of ether oxygens (including phenoxy) is 1. The average Bonchev–Trinajstić information content (AvgIpc) is 3.01. The maximum atomic E-state index is 13.0. The molecule has 3 rings (SSSR count). The van der Waals surface area contributed by atoms with E-state index in [4.69, 9.17) is 13.8 Å². The van der Waals surface area contributed by atoms with Crippen LogP contribution in [0.4, 0.5) is 0 Å². The van der Waals surface area contributed by atoms with E-state index in [0.29, 0.717) is 11.0 Å². The van der Waals surface area contributed by atoms with Gasteiger partial charge in [-0.25, -0.2) is 4.68 Å². The van der Waals surface area contributed by atoms with Gasteiger partial charge in [-0.1, -0.05) is 18.2 Å². The van der Waals surface area contributed by atoms with E-state index in [-0.39, 0.29) is 0 Å². The van der Waals surface area contributed by atoms with Crippen LogP contribution in [-0.4, -0.2) is 31.1 Å². The van der Waals surface area contributed by atoms with Crippen LogP contribution in [0.1, 0.15) is 0 Å². The first-order valence-corrected chi connectivity index (χ1v) is 8.51. The molecule has 0 aliphatic heterocycles. The van der Waals surface area contributed by atoms with Gasteiger partial charge in [-0.3, -0.25) is 4.57 Å². The molecule has 1 aromatic heterocycles. The molecule has 6 nitrogen and oxygen atoms in total. The lowest BCUT2D eigenvalue weighted by atomic mass is 10.2. The van der Waals surface area contributed by atoms with E-state index in [1.54, 1.807) is 11.8 Å². The summed E-state index contributed by atoms with van der Waals surface area (Å²) in [5.74, 6) is 0.730. The Morgan fingerprint density at radius 1 is 0.957 bits per heavy atom. The van der Waals surface area contributed by atoms with E-state index in [0.717, 1.165) is 16.8 Å². The summed E-state index contributed by atoms with van der Waals surface area (Å²) in [6, 6.07) is 14.8. The highest BCUT2D eigenvalue weighted by Gasteiger charge is 2.33. The standard InChI is InChI=1S/C16H17N2O4P/c1-20-13-10-8-12(9-11-13)18-16(23(19,21-2)22-3)14-6-4-5-7-15(14)17-18/h4-11H,1-3H3. The average molecular weight is 332 g/mol. The van der Waals surface area contributed by atoms with Gasteiger partial charge in [0.05, 0.1) is 18.3 Å². The number of aromatic nitrogens is 2. The van der Waals surface area contributed by atoms with Crippen molar-refractivity contribution in [1.82, 2.24) is 9.78 Å². The fourth-order valence-electron chi connectivity index (χ4n) is 2.43. The van der Waals surface area contributed by atoms with Gasteiger partial charge in [0.2, 0.25) is 0 Å². The van der Waals surface area contributed by atoms with E-state index in [1.807, 2.05) is 48.5 Å². The molecule has 0 fully saturated rings. The number of hydrogen-bond donors (Lipinski definition) is 0. The largest absolute Gasteiger partial charge is 0.497 e. The molecule has 0 saturated heterocycles. The smallest absolute Gasteiger partial charge is 0.379 e. The molecule has 120 valence electrons. The second-order valence-electron chi connectivity index (χ2n) is 4.81. The van der Waals surface area contributed by atoms with Crippen LogP contribution in [0.25, 0.3) is 16.6 Å². The predicted octanol–water partition coefficient (Wildman–Crippen LogP) is 3.15. The summed E-state index contributed by atoms with van der Waals surface area (Å²) in [6.45, 7) is 0. The van der Waals surface area contributed by atoms with Gasteiger partial charge in [-0.2, -0.15) is 5.10 Å².